The Morgan fingerprint density at radius 1 is 1.05 bits per heavy atom. The van der Waals surface area contributed by atoms with Crippen molar-refractivity contribution in [3.05, 3.63) is 82.7 Å². The third-order valence-corrected chi connectivity index (χ3v) is 11.9. The maximum Gasteiger partial charge on any atom is 0.417 e. The molecule has 4 nitrogen and oxygen atoms in total. The molecule has 0 spiro atoms. The number of rotatable bonds is 4. The second-order valence-electron chi connectivity index (χ2n) is 13.3. The fourth-order valence-electron chi connectivity index (χ4n) is 10.1. The standard InChI is InChI=1S/C34H39F3N2O2/c1-31-15-6-7-24(29-8-4-3-5-18-39-29)26(31)12-10-23-27(31)13-16-32(2)28(23)14-17-33(32,30(38)41)22-9-11-25(34(35,36)37)21(19-22)20-40/h3-5,8-9,11-12,18-20,23-24,27-28,39H,6-7,10,13-17H2,1-2H3,(H2,38,41)/t23-,24?,27+,28+,31+,32+,33+/m1/s1. The van der Waals surface area contributed by atoms with Crippen LogP contribution in [0.25, 0.3) is 0 Å². The number of amides is 1. The van der Waals surface area contributed by atoms with Crippen LogP contribution in [-0.4, -0.2) is 12.2 Å². The van der Waals surface area contributed by atoms with Crippen LogP contribution in [0.15, 0.2) is 66.0 Å². The molecule has 5 aliphatic rings. The summed E-state index contributed by atoms with van der Waals surface area (Å²) >= 11 is 0. The first kappa shape index (κ1) is 28.0. The summed E-state index contributed by atoms with van der Waals surface area (Å²) in [4.78, 5) is 25.2. The van der Waals surface area contributed by atoms with Crippen molar-refractivity contribution in [1.82, 2.24) is 5.32 Å². The lowest BCUT2D eigenvalue weighted by molar-refractivity contribution is -0.137. The number of carbonyl (C=O) groups excluding carboxylic acids is 2. The predicted octanol–water partition coefficient (Wildman–Crippen LogP) is 7.38. The van der Waals surface area contributed by atoms with Crippen LogP contribution < -0.4 is 11.1 Å². The highest BCUT2D eigenvalue weighted by molar-refractivity contribution is 5.89. The van der Waals surface area contributed by atoms with Gasteiger partial charge in [-0.05, 0) is 103 Å². The molecule has 1 aliphatic heterocycles. The van der Waals surface area contributed by atoms with Gasteiger partial charge in [0.25, 0.3) is 0 Å². The molecular formula is C34H39F3N2O2. The van der Waals surface area contributed by atoms with E-state index in [0.29, 0.717) is 29.7 Å². The number of carbonyl (C=O) groups is 2. The Kier molecular flexibility index (Phi) is 6.66. The zero-order chi connectivity index (χ0) is 29.2. The molecular weight excluding hydrogens is 525 g/mol. The van der Waals surface area contributed by atoms with Crippen molar-refractivity contribution in [3.63, 3.8) is 0 Å². The SMILES string of the molecule is C[C@]12CCCC(C3=CC=CC=CN3)C1=CC[C@@H]1[C@@H]2CC[C@@]2(C)[C@H]1CC[C@@]2(C(N)=O)c1ccc(C(F)(F)F)c(C=O)c1. The minimum absolute atomic E-state index is 0.0619. The highest BCUT2D eigenvalue weighted by Gasteiger charge is 2.67. The zero-order valence-corrected chi connectivity index (χ0v) is 23.8. The van der Waals surface area contributed by atoms with Gasteiger partial charge in [0.2, 0.25) is 5.91 Å². The number of aldehydes is 1. The summed E-state index contributed by atoms with van der Waals surface area (Å²) in [5.41, 5.74) is 6.46. The fraction of sp³-hybridized carbons (Fsp3) is 0.529. The first-order valence-corrected chi connectivity index (χ1v) is 14.9. The van der Waals surface area contributed by atoms with Crippen molar-refractivity contribution >= 4 is 12.2 Å². The van der Waals surface area contributed by atoms with Crippen LogP contribution in [0.5, 0.6) is 0 Å². The maximum absolute atomic E-state index is 13.6. The summed E-state index contributed by atoms with van der Waals surface area (Å²) in [6.07, 6.45) is 15.8. The van der Waals surface area contributed by atoms with Crippen LogP contribution in [0, 0.1) is 34.5 Å². The van der Waals surface area contributed by atoms with E-state index in [9.17, 15) is 22.8 Å². The molecule has 1 aromatic rings. The molecule has 1 unspecified atom stereocenters. The summed E-state index contributed by atoms with van der Waals surface area (Å²) < 4.78 is 40.8. The first-order valence-electron chi connectivity index (χ1n) is 14.9. The van der Waals surface area contributed by atoms with Crippen molar-refractivity contribution in [3.8, 4) is 0 Å². The Labute approximate surface area is 240 Å². The van der Waals surface area contributed by atoms with E-state index in [1.165, 1.54) is 23.4 Å². The van der Waals surface area contributed by atoms with Crippen molar-refractivity contribution in [2.45, 2.75) is 76.8 Å². The molecule has 41 heavy (non-hydrogen) atoms. The van der Waals surface area contributed by atoms with E-state index in [1.54, 1.807) is 0 Å². The molecule has 1 heterocycles. The van der Waals surface area contributed by atoms with Crippen LogP contribution in [-0.2, 0) is 16.4 Å². The van der Waals surface area contributed by atoms with Gasteiger partial charge in [0.1, 0.15) is 0 Å². The molecule has 0 bridgehead atoms. The van der Waals surface area contributed by atoms with Gasteiger partial charge < -0.3 is 11.1 Å². The average Bonchev–Trinajstić information content (AvgIpc) is 3.06. The van der Waals surface area contributed by atoms with Gasteiger partial charge in [-0.2, -0.15) is 13.2 Å². The minimum Gasteiger partial charge on any atom is -0.369 e. The van der Waals surface area contributed by atoms with E-state index in [4.69, 9.17) is 5.73 Å². The van der Waals surface area contributed by atoms with Gasteiger partial charge in [0.05, 0.1) is 11.0 Å². The Hall–Kier alpha value is -3.09. The number of alkyl halides is 3. The summed E-state index contributed by atoms with van der Waals surface area (Å²) in [5, 5.41) is 3.51. The number of halogens is 3. The number of primary amides is 1. The topological polar surface area (TPSA) is 72.2 Å². The van der Waals surface area contributed by atoms with E-state index < -0.39 is 34.0 Å². The number of hydrogen-bond donors (Lipinski definition) is 2. The molecule has 3 saturated carbocycles. The molecule has 218 valence electrons. The van der Waals surface area contributed by atoms with Crippen molar-refractivity contribution in [1.29, 1.82) is 0 Å². The number of nitrogens with one attached hydrogen (secondary N) is 1. The van der Waals surface area contributed by atoms with Crippen LogP contribution in [0.2, 0.25) is 0 Å². The van der Waals surface area contributed by atoms with Crippen LogP contribution in [0.4, 0.5) is 13.2 Å². The van der Waals surface area contributed by atoms with Gasteiger partial charge in [-0.25, -0.2) is 0 Å². The lowest BCUT2D eigenvalue weighted by atomic mass is 9.44. The molecule has 3 fully saturated rings. The third-order valence-electron chi connectivity index (χ3n) is 11.9. The normalized spacial score (nSPS) is 38.0. The smallest absolute Gasteiger partial charge is 0.369 e. The molecule has 7 atom stereocenters. The predicted molar refractivity (Wildman–Crippen MR) is 152 cm³/mol. The first-order chi connectivity index (χ1) is 19.5. The number of benzene rings is 1. The molecule has 0 radical (unpaired) electrons. The van der Waals surface area contributed by atoms with E-state index in [0.717, 1.165) is 51.0 Å². The third kappa shape index (κ3) is 4.01. The Morgan fingerprint density at radius 2 is 1.83 bits per heavy atom. The second kappa shape index (κ2) is 9.74. The lowest BCUT2D eigenvalue weighted by Crippen LogP contribution is -2.57. The number of hydrogen-bond acceptors (Lipinski definition) is 3. The van der Waals surface area contributed by atoms with E-state index in [1.807, 2.05) is 18.4 Å². The Bertz CT molecular complexity index is 1390. The Balaban J connectivity index is 1.38. The van der Waals surface area contributed by atoms with Gasteiger partial charge in [0.15, 0.2) is 6.29 Å². The average molecular weight is 565 g/mol. The highest BCUT2D eigenvalue weighted by atomic mass is 19.4. The maximum atomic E-state index is 13.6. The molecule has 6 rings (SSSR count). The molecule has 0 aromatic heterocycles. The van der Waals surface area contributed by atoms with Crippen LogP contribution in [0.3, 0.4) is 0 Å². The summed E-state index contributed by atoms with van der Waals surface area (Å²) in [6, 6.07) is 3.62. The van der Waals surface area contributed by atoms with E-state index >= 15 is 0 Å². The van der Waals surface area contributed by atoms with Gasteiger partial charge in [-0.3, -0.25) is 9.59 Å². The fourth-order valence-corrected chi connectivity index (χ4v) is 10.1. The summed E-state index contributed by atoms with van der Waals surface area (Å²) in [6.45, 7) is 4.57. The van der Waals surface area contributed by atoms with Gasteiger partial charge in [-0.15, -0.1) is 0 Å². The van der Waals surface area contributed by atoms with E-state index in [-0.39, 0.29) is 17.6 Å². The molecule has 1 aromatic carbocycles. The van der Waals surface area contributed by atoms with Gasteiger partial charge in [-0.1, -0.05) is 50.1 Å². The monoisotopic (exact) mass is 564 g/mol. The van der Waals surface area contributed by atoms with Crippen molar-refractivity contribution in [2.75, 3.05) is 0 Å². The van der Waals surface area contributed by atoms with E-state index in [2.05, 4.69) is 37.4 Å². The second-order valence-corrected chi connectivity index (χ2v) is 13.3. The molecule has 7 heteroatoms. The van der Waals surface area contributed by atoms with Gasteiger partial charge in [0, 0.05) is 23.4 Å². The number of fused-ring (bicyclic) bond motifs is 5. The zero-order valence-electron chi connectivity index (χ0n) is 23.8. The van der Waals surface area contributed by atoms with Crippen molar-refractivity contribution < 1.29 is 22.8 Å². The molecule has 1 amide bonds. The molecule has 4 aliphatic carbocycles. The largest absolute Gasteiger partial charge is 0.417 e. The van der Waals surface area contributed by atoms with Gasteiger partial charge >= 0.3 is 6.18 Å². The van der Waals surface area contributed by atoms with Crippen LogP contribution >= 0.6 is 0 Å². The summed E-state index contributed by atoms with van der Waals surface area (Å²) in [7, 11) is 0. The molecule has 0 saturated heterocycles. The Morgan fingerprint density at radius 3 is 2.56 bits per heavy atom. The quantitative estimate of drug-likeness (QED) is 0.296. The molecule has 3 N–H and O–H groups in total. The van der Waals surface area contributed by atoms with Crippen molar-refractivity contribution in [2.24, 2.45) is 40.2 Å². The summed E-state index contributed by atoms with van der Waals surface area (Å²) in [5.74, 6) is 0.923. The van der Waals surface area contributed by atoms with Crippen LogP contribution in [0.1, 0.15) is 86.7 Å². The highest BCUT2D eigenvalue weighted by Crippen LogP contribution is 2.70. The lowest BCUT2D eigenvalue weighted by Gasteiger charge is -2.60. The minimum atomic E-state index is -4.65. The number of allylic oxidation sites excluding steroid dienone is 6. The number of nitrogens with two attached hydrogens (primary N) is 1.